The summed E-state index contributed by atoms with van der Waals surface area (Å²) in [6, 6.07) is 23.9. The van der Waals surface area contributed by atoms with E-state index >= 15 is 0 Å². The van der Waals surface area contributed by atoms with E-state index < -0.39 is 0 Å². The summed E-state index contributed by atoms with van der Waals surface area (Å²) in [7, 11) is 0. The fourth-order valence-electron chi connectivity index (χ4n) is 3.51. The Balaban J connectivity index is 1.45. The van der Waals surface area contributed by atoms with Gasteiger partial charge < -0.3 is 10.2 Å². The molecule has 3 aromatic carbocycles. The van der Waals surface area contributed by atoms with E-state index in [9.17, 15) is 9.59 Å². The van der Waals surface area contributed by atoms with Crippen molar-refractivity contribution < 1.29 is 9.59 Å². The molecule has 0 aliphatic carbocycles. The molecular weight excluding hydrogens is 380 g/mol. The molecule has 1 heterocycles. The van der Waals surface area contributed by atoms with Crippen molar-refractivity contribution in [1.29, 1.82) is 0 Å². The minimum absolute atomic E-state index is 0.0356. The number of carbonyl (C=O) groups excluding carboxylic acids is 2. The van der Waals surface area contributed by atoms with E-state index in [2.05, 4.69) is 23.5 Å². The number of rotatable bonds is 5. The lowest BCUT2D eigenvalue weighted by molar-refractivity contribution is -0.116. The number of nitrogens with one attached hydrogen (secondary N) is 1. The van der Waals surface area contributed by atoms with E-state index in [1.165, 1.54) is 4.90 Å². The standard InChI is InChI=1S/C24H22N2O2S/c1-17(27)26-14-13-18-15-19(11-12-22(18)26)24(28)25-16-20-7-5-6-10-23(20)29-21-8-3-2-4-9-21/h2-12,15H,13-14,16H2,1H3,(H,25,28). The first-order valence-electron chi connectivity index (χ1n) is 9.62. The molecule has 1 aliphatic heterocycles. The zero-order valence-corrected chi connectivity index (χ0v) is 17.0. The first kappa shape index (κ1) is 19.3. The molecule has 146 valence electrons. The summed E-state index contributed by atoms with van der Waals surface area (Å²) in [5, 5.41) is 3.03. The van der Waals surface area contributed by atoms with Gasteiger partial charge in [0.25, 0.3) is 5.91 Å². The van der Waals surface area contributed by atoms with Gasteiger partial charge in [-0.15, -0.1) is 0 Å². The number of benzene rings is 3. The van der Waals surface area contributed by atoms with Crippen LogP contribution < -0.4 is 10.2 Å². The minimum atomic E-state index is -0.103. The summed E-state index contributed by atoms with van der Waals surface area (Å²) in [6.45, 7) is 2.71. The summed E-state index contributed by atoms with van der Waals surface area (Å²) in [6.07, 6.45) is 0.784. The second-order valence-corrected chi connectivity index (χ2v) is 8.09. The summed E-state index contributed by atoms with van der Waals surface area (Å²) in [4.78, 5) is 28.5. The molecule has 0 bridgehead atoms. The molecule has 0 atom stereocenters. The topological polar surface area (TPSA) is 49.4 Å². The van der Waals surface area contributed by atoms with Crippen molar-refractivity contribution in [3.8, 4) is 0 Å². The highest BCUT2D eigenvalue weighted by Gasteiger charge is 2.23. The number of anilines is 1. The molecule has 5 heteroatoms. The van der Waals surface area contributed by atoms with Crippen LogP contribution in [-0.2, 0) is 17.8 Å². The lowest BCUT2D eigenvalue weighted by Crippen LogP contribution is -2.26. The van der Waals surface area contributed by atoms with Crippen LogP contribution in [0.2, 0.25) is 0 Å². The molecule has 4 nitrogen and oxygen atoms in total. The summed E-state index contributed by atoms with van der Waals surface area (Å²) < 4.78 is 0. The molecule has 3 aromatic rings. The van der Waals surface area contributed by atoms with Crippen LogP contribution in [0.4, 0.5) is 5.69 Å². The van der Waals surface area contributed by atoms with Crippen molar-refractivity contribution in [2.75, 3.05) is 11.4 Å². The van der Waals surface area contributed by atoms with Gasteiger partial charge in [-0.3, -0.25) is 9.59 Å². The largest absolute Gasteiger partial charge is 0.348 e. The fourth-order valence-corrected chi connectivity index (χ4v) is 4.48. The molecule has 0 saturated carbocycles. The Morgan fingerprint density at radius 1 is 1.00 bits per heavy atom. The van der Waals surface area contributed by atoms with Crippen LogP contribution >= 0.6 is 11.8 Å². The normalized spacial score (nSPS) is 12.5. The number of amides is 2. The fraction of sp³-hybridized carbons (Fsp3) is 0.167. The minimum Gasteiger partial charge on any atom is -0.348 e. The lowest BCUT2D eigenvalue weighted by atomic mass is 10.1. The molecule has 0 unspecified atom stereocenters. The van der Waals surface area contributed by atoms with Gasteiger partial charge in [0.05, 0.1) is 0 Å². The Hall–Kier alpha value is -3.05. The lowest BCUT2D eigenvalue weighted by Gasteiger charge is -2.15. The van der Waals surface area contributed by atoms with E-state index in [0.717, 1.165) is 28.1 Å². The molecule has 0 fully saturated rings. The van der Waals surface area contributed by atoms with Crippen LogP contribution in [0.1, 0.15) is 28.4 Å². The van der Waals surface area contributed by atoms with Crippen molar-refractivity contribution in [2.45, 2.75) is 29.7 Å². The van der Waals surface area contributed by atoms with Crippen LogP contribution in [0.3, 0.4) is 0 Å². The first-order valence-corrected chi connectivity index (χ1v) is 10.4. The van der Waals surface area contributed by atoms with Crippen molar-refractivity contribution >= 4 is 29.3 Å². The Morgan fingerprint density at radius 3 is 2.55 bits per heavy atom. The van der Waals surface area contributed by atoms with Gasteiger partial charge in [-0.05, 0) is 53.9 Å². The monoisotopic (exact) mass is 402 g/mol. The second-order valence-electron chi connectivity index (χ2n) is 6.97. The predicted molar refractivity (Wildman–Crippen MR) is 116 cm³/mol. The quantitative estimate of drug-likeness (QED) is 0.674. The molecule has 0 radical (unpaired) electrons. The van der Waals surface area contributed by atoms with Crippen LogP contribution in [-0.4, -0.2) is 18.4 Å². The maximum atomic E-state index is 12.7. The molecular formula is C24H22N2O2S. The number of hydrogen-bond donors (Lipinski definition) is 1. The summed E-state index contributed by atoms with van der Waals surface area (Å²) in [5.74, 6) is -0.0675. The highest BCUT2D eigenvalue weighted by atomic mass is 32.2. The summed E-state index contributed by atoms with van der Waals surface area (Å²) in [5.41, 5.74) is 3.67. The molecule has 29 heavy (non-hydrogen) atoms. The van der Waals surface area contributed by atoms with E-state index in [4.69, 9.17) is 0 Å². The zero-order chi connectivity index (χ0) is 20.2. The van der Waals surface area contributed by atoms with E-state index in [0.29, 0.717) is 18.7 Å². The summed E-state index contributed by atoms with van der Waals surface area (Å²) >= 11 is 1.69. The Morgan fingerprint density at radius 2 is 1.76 bits per heavy atom. The average Bonchev–Trinajstić information content (AvgIpc) is 3.17. The third-order valence-corrected chi connectivity index (χ3v) is 6.13. The van der Waals surface area contributed by atoms with Gasteiger partial charge in [0, 0.05) is 41.1 Å². The number of fused-ring (bicyclic) bond motifs is 1. The highest BCUT2D eigenvalue weighted by molar-refractivity contribution is 7.99. The number of carbonyl (C=O) groups is 2. The van der Waals surface area contributed by atoms with Gasteiger partial charge in [-0.1, -0.05) is 48.2 Å². The second kappa shape index (κ2) is 8.53. The van der Waals surface area contributed by atoms with Crippen molar-refractivity contribution in [2.24, 2.45) is 0 Å². The van der Waals surface area contributed by atoms with E-state index in [1.54, 1.807) is 29.7 Å². The first-order chi connectivity index (χ1) is 14.1. The maximum Gasteiger partial charge on any atom is 0.251 e. The van der Waals surface area contributed by atoms with Gasteiger partial charge in [-0.2, -0.15) is 0 Å². The molecule has 0 aromatic heterocycles. The maximum absolute atomic E-state index is 12.7. The smallest absolute Gasteiger partial charge is 0.251 e. The van der Waals surface area contributed by atoms with Crippen LogP contribution in [0.25, 0.3) is 0 Å². The zero-order valence-electron chi connectivity index (χ0n) is 16.2. The Bertz CT molecular complexity index is 1050. The van der Waals surface area contributed by atoms with Crippen LogP contribution in [0, 0.1) is 0 Å². The van der Waals surface area contributed by atoms with Crippen molar-refractivity contribution in [1.82, 2.24) is 5.32 Å². The van der Waals surface area contributed by atoms with Gasteiger partial charge in [0.2, 0.25) is 5.91 Å². The molecule has 1 N–H and O–H groups in total. The van der Waals surface area contributed by atoms with E-state index in [1.807, 2.05) is 48.5 Å². The SMILES string of the molecule is CC(=O)N1CCc2cc(C(=O)NCc3ccccc3Sc3ccccc3)ccc21. The van der Waals surface area contributed by atoms with Crippen LogP contribution in [0.15, 0.2) is 82.6 Å². The van der Waals surface area contributed by atoms with Gasteiger partial charge in [0.15, 0.2) is 0 Å². The molecule has 0 spiro atoms. The highest BCUT2D eigenvalue weighted by Crippen LogP contribution is 2.31. The predicted octanol–water partition coefficient (Wildman–Crippen LogP) is 4.68. The van der Waals surface area contributed by atoms with Gasteiger partial charge in [-0.25, -0.2) is 0 Å². The molecule has 0 saturated heterocycles. The third-order valence-electron chi connectivity index (χ3n) is 5.00. The average molecular weight is 403 g/mol. The van der Waals surface area contributed by atoms with Crippen LogP contribution in [0.5, 0.6) is 0 Å². The molecule has 1 aliphatic rings. The Labute approximate surface area is 174 Å². The number of nitrogens with zero attached hydrogens (tertiary/aromatic N) is 1. The number of hydrogen-bond acceptors (Lipinski definition) is 3. The van der Waals surface area contributed by atoms with E-state index in [-0.39, 0.29) is 11.8 Å². The van der Waals surface area contributed by atoms with Gasteiger partial charge >= 0.3 is 0 Å². The van der Waals surface area contributed by atoms with Crippen molar-refractivity contribution in [3.05, 3.63) is 89.5 Å². The molecule has 2 amide bonds. The Kier molecular flexibility index (Phi) is 5.67. The molecule has 4 rings (SSSR count). The third kappa shape index (κ3) is 4.35. The van der Waals surface area contributed by atoms with Crippen molar-refractivity contribution in [3.63, 3.8) is 0 Å². The van der Waals surface area contributed by atoms with Gasteiger partial charge in [0.1, 0.15) is 0 Å².